The van der Waals surface area contributed by atoms with E-state index in [0.717, 1.165) is 12.0 Å². The summed E-state index contributed by atoms with van der Waals surface area (Å²) >= 11 is 0. The lowest BCUT2D eigenvalue weighted by molar-refractivity contribution is -0.139. The Hall–Kier alpha value is -2.24. The number of ether oxygens (including phenoxy) is 2. The highest BCUT2D eigenvalue weighted by atomic mass is 16.5. The highest BCUT2D eigenvalue weighted by Crippen LogP contribution is 2.27. The van der Waals surface area contributed by atoms with Gasteiger partial charge in [-0.3, -0.25) is 9.59 Å². The molecule has 0 saturated heterocycles. The van der Waals surface area contributed by atoms with Gasteiger partial charge in [0.05, 0.1) is 14.2 Å². The second-order valence-corrected chi connectivity index (χ2v) is 6.74. The minimum absolute atomic E-state index is 0.393. The van der Waals surface area contributed by atoms with E-state index >= 15 is 0 Å². The van der Waals surface area contributed by atoms with Crippen LogP contribution in [0.4, 0.5) is 0 Å². The maximum Gasteiger partial charge on any atom is 0.309 e. The maximum atomic E-state index is 11.9. The second kappa shape index (κ2) is 10.7. The Morgan fingerprint density at radius 1 is 0.962 bits per heavy atom. The van der Waals surface area contributed by atoms with Crippen LogP contribution < -0.4 is 20.1 Å². The number of nitrogens with one attached hydrogen (secondary N) is 2. The molecule has 1 fully saturated rings. The summed E-state index contributed by atoms with van der Waals surface area (Å²) < 4.78 is 10.5. The molecule has 1 aromatic rings. The summed E-state index contributed by atoms with van der Waals surface area (Å²) in [5.41, 5.74) is 1.00. The average Bonchev–Trinajstić information content (AvgIpc) is 2.68. The van der Waals surface area contributed by atoms with E-state index in [-0.39, 0.29) is 0 Å². The number of rotatable bonds is 8. The van der Waals surface area contributed by atoms with E-state index in [9.17, 15) is 9.59 Å². The van der Waals surface area contributed by atoms with E-state index in [1.165, 1.54) is 32.1 Å². The van der Waals surface area contributed by atoms with E-state index < -0.39 is 11.8 Å². The van der Waals surface area contributed by atoms with Crippen molar-refractivity contribution in [2.45, 2.75) is 44.9 Å². The summed E-state index contributed by atoms with van der Waals surface area (Å²) in [5.74, 6) is 0.883. The van der Waals surface area contributed by atoms with Crippen LogP contribution in [-0.4, -0.2) is 39.1 Å². The van der Waals surface area contributed by atoms with Crippen LogP contribution in [0.1, 0.15) is 44.1 Å². The molecule has 0 unspecified atom stereocenters. The zero-order valence-electron chi connectivity index (χ0n) is 15.8. The molecule has 0 radical (unpaired) electrons. The number of hydrogen-bond acceptors (Lipinski definition) is 4. The predicted octanol–water partition coefficient (Wildman–Crippen LogP) is 2.45. The number of amides is 2. The van der Waals surface area contributed by atoms with Crippen molar-refractivity contribution in [2.24, 2.45) is 5.92 Å². The van der Waals surface area contributed by atoms with Crippen molar-refractivity contribution in [3.63, 3.8) is 0 Å². The average molecular weight is 362 g/mol. The lowest BCUT2D eigenvalue weighted by Gasteiger charge is -2.21. The van der Waals surface area contributed by atoms with Gasteiger partial charge in [0, 0.05) is 13.1 Å². The Balaban J connectivity index is 1.66. The van der Waals surface area contributed by atoms with Gasteiger partial charge in [-0.05, 0) is 36.5 Å². The molecule has 2 N–H and O–H groups in total. The maximum absolute atomic E-state index is 11.9. The fourth-order valence-corrected chi connectivity index (χ4v) is 3.38. The molecule has 1 saturated carbocycles. The van der Waals surface area contributed by atoms with Crippen LogP contribution in [-0.2, 0) is 16.0 Å². The first-order valence-corrected chi connectivity index (χ1v) is 9.41. The van der Waals surface area contributed by atoms with Crippen molar-refractivity contribution in [2.75, 3.05) is 27.3 Å². The zero-order chi connectivity index (χ0) is 18.8. The highest BCUT2D eigenvalue weighted by Gasteiger charge is 2.16. The molecule has 6 heteroatoms. The normalized spacial score (nSPS) is 14.5. The quantitative estimate of drug-likeness (QED) is 0.697. The Bertz CT molecular complexity index is 597. The van der Waals surface area contributed by atoms with Crippen molar-refractivity contribution in [3.05, 3.63) is 23.8 Å². The zero-order valence-corrected chi connectivity index (χ0v) is 15.8. The van der Waals surface area contributed by atoms with E-state index in [1.54, 1.807) is 14.2 Å². The van der Waals surface area contributed by atoms with Gasteiger partial charge in [0.15, 0.2) is 11.5 Å². The van der Waals surface area contributed by atoms with Crippen LogP contribution in [0.2, 0.25) is 0 Å². The fraction of sp³-hybridized carbons (Fsp3) is 0.600. The van der Waals surface area contributed by atoms with E-state index in [2.05, 4.69) is 10.6 Å². The molecular weight excluding hydrogens is 332 g/mol. The van der Waals surface area contributed by atoms with Crippen LogP contribution in [0.25, 0.3) is 0 Å². The number of carbonyl (C=O) groups is 2. The summed E-state index contributed by atoms with van der Waals surface area (Å²) in [4.78, 5) is 23.7. The Kier molecular flexibility index (Phi) is 8.25. The van der Waals surface area contributed by atoms with Crippen molar-refractivity contribution >= 4 is 11.8 Å². The topological polar surface area (TPSA) is 76.7 Å². The third kappa shape index (κ3) is 6.24. The van der Waals surface area contributed by atoms with E-state index in [4.69, 9.17) is 9.47 Å². The van der Waals surface area contributed by atoms with Crippen LogP contribution in [0.5, 0.6) is 11.5 Å². The summed E-state index contributed by atoms with van der Waals surface area (Å²) in [6.45, 7) is 0.969. The molecule has 0 atom stereocenters. The van der Waals surface area contributed by atoms with Crippen molar-refractivity contribution in [1.29, 1.82) is 0 Å². The van der Waals surface area contributed by atoms with Crippen molar-refractivity contribution < 1.29 is 19.1 Å². The molecule has 1 aliphatic rings. The molecule has 0 heterocycles. The summed E-state index contributed by atoms with van der Waals surface area (Å²) in [6, 6.07) is 5.61. The third-order valence-corrected chi connectivity index (χ3v) is 4.92. The molecule has 26 heavy (non-hydrogen) atoms. The van der Waals surface area contributed by atoms with Gasteiger partial charge in [0.25, 0.3) is 0 Å². The molecule has 2 amide bonds. The molecule has 2 rings (SSSR count). The summed E-state index contributed by atoms with van der Waals surface area (Å²) in [5, 5.41) is 5.39. The van der Waals surface area contributed by atoms with Crippen LogP contribution in [0.3, 0.4) is 0 Å². The van der Waals surface area contributed by atoms with Gasteiger partial charge < -0.3 is 20.1 Å². The van der Waals surface area contributed by atoms with Gasteiger partial charge >= 0.3 is 11.8 Å². The van der Waals surface area contributed by atoms with Crippen LogP contribution in [0.15, 0.2) is 18.2 Å². The monoisotopic (exact) mass is 362 g/mol. The van der Waals surface area contributed by atoms with Gasteiger partial charge in [-0.1, -0.05) is 38.2 Å². The number of carbonyl (C=O) groups excluding carboxylic acids is 2. The minimum Gasteiger partial charge on any atom is -0.493 e. The lowest BCUT2D eigenvalue weighted by Crippen LogP contribution is -2.41. The first kappa shape index (κ1) is 20.1. The van der Waals surface area contributed by atoms with E-state index in [0.29, 0.717) is 36.9 Å². The van der Waals surface area contributed by atoms with E-state index in [1.807, 2.05) is 18.2 Å². The number of hydrogen-bond donors (Lipinski definition) is 2. The smallest absolute Gasteiger partial charge is 0.309 e. The molecule has 1 aromatic carbocycles. The molecule has 1 aliphatic carbocycles. The Morgan fingerprint density at radius 2 is 1.62 bits per heavy atom. The van der Waals surface area contributed by atoms with Crippen LogP contribution >= 0.6 is 0 Å². The molecule has 0 aromatic heterocycles. The van der Waals surface area contributed by atoms with Gasteiger partial charge in [-0.2, -0.15) is 0 Å². The highest BCUT2D eigenvalue weighted by molar-refractivity contribution is 6.35. The molecule has 0 bridgehead atoms. The largest absolute Gasteiger partial charge is 0.493 e. The first-order chi connectivity index (χ1) is 12.6. The molecule has 0 spiro atoms. The van der Waals surface area contributed by atoms with Gasteiger partial charge in [-0.25, -0.2) is 0 Å². The van der Waals surface area contributed by atoms with Gasteiger partial charge in [-0.15, -0.1) is 0 Å². The fourth-order valence-electron chi connectivity index (χ4n) is 3.38. The molecular formula is C20H30N2O4. The van der Waals surface area contributed by atoms with Gasteiger partial charge in [0.2, 0.25) is 0 Å². The van der Waals surface area contributed by atoms with Crippen molar-refractivity contribution in [3.8, 4) is 11.5 Å². The van der Waals surface area contributed by atoms with Crippen molar-refractivity contribution in [1.82, 2.24) is 10.6 Å². The molecule has 0 aliphatic heterocycles. The summed E-state index contributed by atoms with van der Waals surface area (Å²) in [7, 11) is 3.17. The summed E-state index contributed by atoms with van der Waals surface area (Å²) in [6.07, 6.45) is 7.96. The Labute approximate surface area is 155 Å². The predicted molar refractivity (Wildman–Crippen MR) is 100 cm³/mol. The molecule has 6 nitrogen and oxygen atoms in total. The first-order valence-electron chi connectivity index (χ1n) is 9.41. The standard InChI is InChI=1S/C20H30N2O4/c1-25-17-9-8-16(14-18(17)26-2)11-13-22-20(24)19(23)21-12-10-15-6-4-3-5-7-15/h8-9,14-15H,3-7,10-13H2,1-2H3,(H,21,23)(H,22,24). The Morgan fingerprint density at radius 3 is 2.27 bits per heavy atom. The SMILES string of the molecule is COc1ccc(CCNC(=O)C(=O)NCCC2CCCCC2)cc1OC. The second-order valence-electron chi connectivity index (χ2n) is 6.74. The number of benzene rings is 1. The van der Waals surface area contributed by atoms with Gasteiger partial charge in [0.1, 0.15) is 0 Å². The number of methoxy groups -OCH3 is 2. The minimum atomic E-state index is -0.575. The third-order valence-electron chi connectivity index (χ3n) is 4.92. The lowest BCUT2D eigenvalue weighted by atomic mass is 9.87. The van der Waals surface area contributed by atoms with Crippen LogP contribution in [0, 0.1) is 5.92 Å². The molecule has 144 valence electrons.